The molecule has 3 aromatic rings. The van der Waals surface area contributed by atoms with Gasteiger partial charge in [-0.05, 0) is 42.5 Å². The zero-order chi connectivity index (χ0) is 17.8. The van der Waals surface area contributed by atoms with Crippen LogP contribution in [0.3, 0.4) is 0 Å². The standard InChI is InChI=1S/C16H11Cl2FN4OS/c17-10-3-1-9(2-4-10)15-21-16(23-22-15)25-8-14(24)20-13-7-11(18)5-6-12(13)19/h1-7H,8H2,(H,20,24)(H,21,22,23). The van der Waals surface area contributed by atoms with Gasteiger partial charge in [0.1, 0.15) is 5.82 Å². The molecule has 0 radical (unpaired) electrons. The monoisotopic (exact) mass is 396 g/mol. The van der Waals surface area contributed by atoms with E-state index in [9.17, 15) is 9.18 Å². The van der Waals surface area contributed by atoms with Crippen molar-refractivity contribution in [1.29, 1.82) is 0 Å². The molecule has 0 unspecified atom stereocenters. The Morgan fingerprint density at radius 3 is 2.64 bits per heavy atom. The first-order valence-electron chi connectivity index (χ1n) is 7.07. The van der Waals surface area contributed by atoms with Gasteiger partial charge in [0, 0.05) is 15.6 Å². The summed E-state index contributed by atoms with van der Waals surface area (Å²) >= 11 is 12.8. The number of nitrogens with zero attached hydrogens (tertiary/aromatic N) is 2. The number of benzene rings is 2. The normalized spacial score (nSPS) is 10.7. The lowest BCUT2D eigenvalue weighted by atomic mass is 10.2. The van der Waals surface area contributed by atoms with Crippen LogP contribution in [0.1, 0.15) is 0 Å². The lowest BCUT2D eigenvalue weighted by Gasteiger charge is -2.05. The van der Waals surface area contributed by atoms with Gasteiger partial charge in [0.2, 0.25) is 11.1 Å². The third-order valence-electron chi connectivity index (χ3n) is 3.12. The fourth-order valence-electron chi connectivity index (χ4n) is 1.96. The van der Waals surface area contributed by atoms with Crippen molar-refractivity contribution in [1.82, 2.24) is 15.2 Å². The number of carbonyl (C=O) groups excluding carboxylic acids is 1. The molecule has 1 heterocycles. The minimum atomic E-state index is -0.550. The van der Waals surface area contributed by atoms with Gasteiger partial charge in [-0.15, -0.1) is 5.10 Å². The van der Waals surface area contributed by atoms with Crippen molar-refractivity contribution in [2.45, 2.75) is 5.16 Å². The molecule has 5 nitrogen and oxygen atoms in total. The summed E-state index contributed by atoms with van der Waals surface area (Å²) in [6.45, 7) is 0. The SMILES string of the molecule is O=C(CSc1n[nH]c(-c2ccc(Cl)cc2)n1)Nc1cc(Cl)ccc1F. The molecule has 1 amide bonds. The second-order valence-corrected chi connectivity index (χ2v) is 6.75. The zero-order valence-corrected chi connectivity index (χ0v) is 14.9. The molecule has 1 aromatic heterocycles. The third kappa shape index (κ3) is 4.72. The number of anilines is 1. The number of carbonyl (C=O) groups is 1. The molecular formula is C16H11Cl2FN4OS. The molecule has 0 saturated heterocycles. The highest BCUT2D eigenvalue weighted by Gasteiger charge is 2.11. The first kappa shape index (κ1) is 17.7. The van der Waals surface area contributed by atoms with E-state index >= 15 is 0 Å². The van der Waals surface area contributed by atoms with E-state index in [1.165, 1.54) is 18.2 Å². The van der Waals surface area contributed by atoms with Gasteiger partial charge in [0.15, 0.2) is 5.82 Å². The van der Waals surface area contributed by atoms with Crippen LogP contribution >= 0.6 is 35.0 Å². The van der Waals surface area contributed by atoms with E-state index in [1.54, 1.807) is 12.1 Å². The number of aromatic amines is 1. The molecule has 0 saturated carbocycles. The first-order valence-corrected chi connectivity index (χ1v) is 8.81. The number of thioether (sulfide) groups is 1. The van der Waals surface area contributed by atoms with E-state index < -0.39 is 5.82 Å². The van der Waals surface area contributed by atoms with Crippen molar-refractivity contribution in [3.05, 3.63) is 58.3 Å². The van der Waals surface area contributed by atoms with Crippen LogP contribution in [0.25, 0.3) is 11.4 Å². The molecule has 2 N–H and O–H groups in total. The summed E-state index contributed by atoms with van der Waals surface area (Å²) in [6.07, 6.45) is 0. The third-order valence-corrected chi connectivity index (χ3v) is 4.45. The van der Waals surface area contributed by atoms with Crippen LogP contribution in [-0.2, 0) is 4.79 Å². The van der Waals surface area contributed by atoms with Crippen LogP contribution < -0.4 is 5.32 Å². The van der Waals surface area contributed by atoms with Crippen LogP contribution in [0, 0.1) is 5.82 Å². The van der Waals surface area contributed by atoms with Gasteiger partial charge < -0.3 is 5.32 Å². The molecule has 25 heavy (non-hydrogen) atoms. The lowest BCUT2D eigenvalue weighted by Crippen LogP contribution is -2.15. The maximum absolute atomic E-state index is 13.6. The Bertz CT molecular complexity index is 901. The number of aromatic nitrogens is 3. The molecule has 0 bridgehead atoms. The Morgan fingerprint density at radius 1 is 1.16 bits per heavy atom. The highest BCUT2D eigenvalue weighted by molar-refractivity contribution is 7.99. The number of halogens is 3. The number of amides is 1. The van der Waals surface area contributed by atoms with Crippen LogP contribution in [0.4, 0.5) is 10.1 Å². The Balaban J connectivity index is 1.59. The molecule has 0 aliphatic heterocycles. The van der Waals surface area contributed by atoms with E-state index in [0.29, 0.717) is 21.0 Å². The second-order valence-electron chi connectivity index (χ2n) is 4.93. The predicted octanol–water partition coefficient (Wildman–Crippen LogP) is 4.65. The maximum atomic E-state index is 13.6. The Morgan fingerprint density at radius 2 is 1.88 bits per heavy atom. The van der Waals surface area contributed by atoms with E-state index in [0.717, 1.165) is 17.3 Å². The quantitative estimate of drug-likeness (QED) is 0.615. The minimum Gasteiger partial charge on any atom is -0.323 e. The van der Waals surface area contributed by atoms with E-state index in [2.05, 4.69) is 20.5 Å². The second kappa shape index (κ2) is 7.86. The van der Waals surface area contributed by atoms with Gasteiger partial charge in [0.05, 0.1) is 11.4 Å². The summed E-state index contributed by atoms with van der Waals surface area (Å²) in [5.41, 5.74) is 0.865. The Hall–Kier alpha value is -2.09. The summed E-state index contributed by atoms with van der Waals surface area (Å²) in [4.78, 5) is 16.2. The van der Waals surface area contributed by atoms with E-state index in [-0.39, 0.29) is 17.3 Å². The molecule has 2 aromatic carbocycles. The molecule has 9 heteroatoms. The smallest absolute Gasteiger partial charge is 0.234 e. The molecule has 0 atom stereocenters. The van der Waals surface area contributed by atoms with Crippen molar-refractivity contribution in [2.75, 3.05) is 11.1 Å². The number of hydrogen-bond acceptors (Lipinski definition) is 4. The predicted molar refractivity (Wildman–Crippen MR) is 97.6 cm³/mol. The van der Waals surface area contributed by atoms with E-state index in [1.807, 2.05) is 12.1 Å². The summed E-state index contributed by atoms with van der Waals surface area (Å²) in [5.74, 6) is -0.334. The van der Waals surface area contributed by atoms with Gasteiger partial charge in [-0.25, -0.2) is 9.37 Å². The average molecular weight is 397 g/mol. The fourth-order valence-corrected chi connectivity index (χ4v) is 2.85. The number of H-pyrrole nitrogens is 1. The minimum absolute atomic E-state index is 0.0316. The van der Waals surface area contributed by atoms with Gasteiger partial charge in [-0.1, -0.05) is 35.0 Å². The van der Waals surface area contributed by atoms with Gasteiger partial charge >= 0.3 is 0 Å². The largest absolute Gasteiger partial charge is 0.323 e. The van der Waals surface area contributed by atoms with Crippen molar-refractivity contribution in [3.63, 3.8) is 0 Å². The molecule has 0 aliphatic carbocycles. The van der Waals surface area contributed by atoms with E-state index in [4.69, 9.17) is 23.2 Å². The number of hydrogen-bond donors (Lipinski definition) is 2. The molecule has 0 aliphatic rings. The summed E-state index contributed by atoms with van der Waals surface area (Å²) in [5, 5.41) is 10.7. The summed E-state index contributed by atoms with van der Waals surface area (Å²) in [7, 11) is 0. The summed E-state index contributed by atoms with van der Waals surface area (Å²) in [6, 6.07) is 11.1. The highest BCUT2D eigenvalue weighted by Crippen LogP contribution is 2.22. The van der Waals surface area contributed by atoms with Crippen LogP contribution in [0.15, 0.2) is 47.6 Å². The molecule has 0 fully saturated rings. The molecule has 3 rings (SSSR count). The van der Waals surface area contributed by atoms with Crippen LogP contribution in [-0.4, -0.2) is 26.8 Å². The van der Waals surface area contributed by atoms with Gasteiger partial charge in [-0.2, -0.15) is 0 Å². The van der Waals surface area contributed by atoms with Crippen LogP contribution in [0.2, 0.25) is 10.0 Å². The summed E-state index contributed by atoms with van der Waals surface area (Å²) < 4.78 is 13.6. The number of rotatable bonds is 5. The average Bonchev–Trinajstić information content (AvgIpc) is 3.06. The van der Waals surface area contributed by atoms with Crippen molar-refractivity contribution >= 4 is 46.6 Å². The topological polar surface area (TPSA) is 70.7 Å². The van der Waals surface area contributed by atoms with Crippen molar-refractivity contribution in [2.24, 2.45) is 0 Å². The Labute approximate surface area is 156 Å². The zero-order valence-electron chi connectivity index (χ0n) is 12.6. The Kier molecular flexibility index (Phi) is 5.57. The van der Waals surface area contributed by atoms with Gasteiger partial charge in [0.25, 0.3) is 0 Å². The molecule has 0 spiro atoms. The molecule has 128 valence electrons. The number of nitrogens with one attached hydrogen (secondary N) is 2. The van der Waals surface area contributed by atoms with Crippen LogP contribution in [0.5, 0.6) is 0 Å². The van der Waals surface area contributed by atoms with Crippen molar-refractivity contribution < 1.29 is 9.18 Å². The van der Waals surface area contributed by atoms with Gasteiger partial charge in [-0.3, -0.25) is 9.89 Å². The molecular weight excluding hydrogens is 386 g/mol. The highest BCUT2D eigenvalue weighted by atomic mass is 35.5. The lowest BCUT2D eigenvalue weighted by molar-refractivity contribution is -0.113. The van der Waals surface area contributed by atoms with Crippen molar-refractivity contribution in [3.8, 4) is 11.4 Å². The fraction of sp³-hybridized carbons (Fsp3) is 0.0625. The maximum Gasteiger partial charge on any atom is 0.234 e. The first-order chi connectivity index (χ1) is 12.0.